The summed E-state index contributed by atoms with van der Waals surface area (Å²) in [5.74, 6) is 0.267. The molecule has 9 heteroatoms. The number of anilines is 1. The standard InChI is InChI=1S/C25H19FN8/c1-34(2)17-9-15(11-27-12-17)20-10-19-21(13-29-20)32-33-23(19)25-30-22-18(6-7-28-24(22)31-25)14-4-3-5-16(26)8-14/h3-13H,1-2H3,(H,32,33)(H,28,30,31). The summed E-state index contributed by atoms with van der Waals surface area (Å²) in [6.45, 7) is 0. The Balaban J connectivity index is 1.48. The van der Waals surface area contributed by atoms with Crippen molar-refractivity contribution in [3.8, 4) is 33.9 Å². The molecular formula is C25H19FN8. The smallest absolute Gasteiger partial charge is 0.178 e. The van der Waals surface area contributed by atoms with E-state index < -0.39 is 0 Å². The lowest BCUT2D eigenvalue weighted by Crippen LogP contribution is -2.08. The van der Waals surface area contributed by atoms with Gasteiger partial charge >= 0.3 is 0 Å². The van der Waals surface area contributed by atoms with Crippen molar-refractivity contribution in [3.63, 3.8) is 0 Å². The average molecular weight is 450 g/mol. The van der Waals surface area contributed by atoms with Crippen LogP contribution in [0.5, 0.6) is 0 Å². The topological polar surface area (TPSA) is 99.3 Å². The summed E-state index contributed by atoms with van der Waals surface area (Å²) in [5.41, 5.74) is 6.92. The molecule has 0 fully saturated rings. The van der Waals surface area contributed by atoms with Gasteiger partial charge in [-0.25, -0.2) is 14.4 Å². The Kier molecular flexibility index (Phi) is 4.54. The van der Waals surface area contributed by atoms with Crippen LogP contribution in [0.4, 0.5) is 10.1 Å². The second-order valence-corrected chi connectivity index (χ2v) is 8.17. The summed E-state index contributed by atoms with van der Waals surface area (Å²) >= 11 is 0. The number of hydrogen-bond donors (Lipinski definition) is 2. The number of pyridine rings is 3. The zero-order chi connectivity index (χ0) is 23.2. The molecule has 0 aliphatic heterocycles. The maximum Gasteiger partial charge on any atom is 0.178 e. The van der Waals surface area contributed by atoms with E-state index in [9.17, 15) is 4.39 Å². The fraction of sp³-hybridized carbons (Fsp3) is 0.0800. The SMILES string of the molecule is CN(C)c1cncc(-c2cc3c(-c4nc5nccc(-c6cccc(F)c6)c5[nH]4)n[nH]c3cn2)c1. The number of rotatable bonds is 4. The lowest BCUT2D eigenvalue weighted by molar-refractivity contribution is 0.628. The number of nitrogens with zero attached hydrogens (tertiary/aromatic N) is 6. The van der Waals surface area contributed by atoms with Crippen molar-refractivity contribution in [3.05, 3.63) is 73.1 Å². The normalized spacial score (nSPS) is 11.4. The Morgan fingerprint density at radius 2 is 1.85 bits per heavy atom. The van der Waals surface area contributed by atoms with Crippen molar-refractivity contribution < 1.29 is 4.39 Å². The van der Waals surface area contributed by atoms with E-state index in [4.69, 9.17) is 0 Å². The van der Waals surface area contributed by atoms with E-state index in [0.717, 1.165) is 44.5 Å². The van der Waals surface area contributed by atoms with Crippen LogP contribution < -0.4 is 4.90 Å². The van der Waals surface area contributed by atoms with Gasteiger partial charge in [0.15, 0.2) is 11.5 Å². The molecule has 166 valence electrons. The number of hydrogen-bond acceptors (Lipinski definition) is 6. The van der Waals surface area contributed by atoms with Crippen LogP contribution in [-0.4, -0.2) is 49.2 Å². The molecule has 6 rings (SSSR count). The first-order valence-corrected chi connectivity index (χ1v) is 10.6. The molecule has 6 aromatic rings. The van der Waals surface area contributed by atoms with Gasteiger partial charge in [-0.05, 0) is 35.9 Å². The van der Waals surface area contributed by atoms with Gasteiger partial charge in [0.25, 0.3) is 0 Å². The van der Waals surface area contributed by atoms with E-state index in [1.165, 1.54) is 12.1 Å². The van der Waals surface area contributed by atoms with E-state index in [2.05, 4.69) is 35.1 Å². The Hall–Kier alpha value is -4.66. The van der Waals surface area contributed by atoms with Crippen LogP contribution in [0.25, 0.3) is 56.0 Å². The zero-order valence-corrected chi connectivity index (χ0v) is 18.4. The van der Waals surface area contributed by atoms with Crippen LogP contribution in [-0.2, 0) is 0 Å². The van der Waals surface area contributed by atoms with Gasteiger partial charge in [-0.1, -0.05) is 12.1 Å². The molecule has 0 saturated carbocycles. The predicted octanol–water partition coefficient (Wildman–Crippen LogP) is 4.83. The number of nitrogens with one attached hydrogen (secondary N) is 2. The Morgan fingerprint density at radius 1 is 0.941 bits per heavy atom. The first-order chi connectivity index (χ1) is 16.6. The lowest BCUT2D eigenvalue weighted by Gasteiger charge is -2.12. The van der Waals surface area contributed by atoms with E-state index in [-0.39, 0.29) is 5.82 Å². The van der Waals surface area contributed by atoms with Crippen molar-refractivity contribution >= 4 is 27.8 Å². The Morgan fingerprint density at radius 3 is 2.71 bits per heavy atom. The van der Waals surface area contributed by atoms with Gasteiger partial charge in [-0.2, -0.15) is 5.10 Å². The molecule has 0 saturated heterocycles. The molecule has 5 aromatic heterocycles. The van der Waals surface area contributed by atoms with E-state index in [0.29, 0.717) is 17.2 Å². The van der Waals surface area contributed by atoms with Crippen LogP contribution in [0, 0.1) is 5.82 Å². The molecule has 1 aromatic carbocycles. The first-order valence-electron chi connectivity index (χ1n) is 10.6. The second kappa shape index (κ2) is 7.73. The van der Waals surface area contributed by atoms with Gasteiger partial charge in [0.2, 0.25) is 0 Å². The third-order valence-corrected chi connectivity index (χ3v) is 5.74. The van der Waals surface area contributed by atoms with Crippen LogP contribution in [0.15, 0.2) is 67.3 Å². The van der Waals surface area contributed by atoms with E-state index >= 15 is 0 Å². The molecule has 0 aliphatic carbocycles. The maximum absolute atomic E-state index is 13.8. The van der Waals surface area contributed by atoms with Crippen molar-refractivity contribution in [1.29, 1.82) is 0 Å². The predicted molar refractivity (Wildman–Crippen MR) is 130 cm³/mol. The molecule has 0 atom stereocenters. The largest absolute Gasteiger partial charge is 0.376 e. The number of imidazole rings is 1. The Bertz CT molecular complexity index is 1670. The summed E-state index contributed by atoms with van der Waals surface area (Å²) in [6.07, 6.45) is 7.02. The minimum atomic E-state index is -0.298. The molecule has 0 aliphatic rings. The highest BCUT2D eigenvalue weighted by atomic mass is 19.1. The minimum Gasteiger partial charge on any atom is -0.376 e. The molecule has 34 heavy (non-hydrogen) atoms. The van der Waals surface area contributed by atoms with Crippen molar-refractivity contribution in [2.24, 2.45) is 0 Å². The van der Waals surface area contributed by atoms with Crippen LogP contribution in [0.2, 0.25) is 0 Å². The number of H-pyrrole nitrogens is 2. The highest BCUT2D eigenvalue weighted by Gasteiger charge is 2.17. The van der Waals surface area contributed by atoms with Gasteiger partial charge in [0.1, 0.15) is 11.5 Å². The summed E-state index contributed by atoms with van der Waals surface area (Å²) in [4.78, 5) is 23.3. The lowest BCUT2D eigenvalue weighted by atomic mass is 10.1. The van der Waals surface area contributed by atoms with Crippen LogP contribution in [0.3, 0.4) is 0 Å². The van der Waals surface area contributed by atoms with E-state index in [1.807, 2.05) is 49.5 Å². The van der Waals surface area contributed by atoms with Gasteiger partial charge < -0.3 is 9.88 Å². The third-order valence-electron chi connectivity index (χ3n) is 5.74. The van der Waals surface area contributed by atoms with Crippen LogP contribution >= 0.6 is 0 Å². The van der Waals surface area contributed by atoms with Gasteiger partial charge in [-0.3, -0.25) is 15.1 Å². The van der Waals surface area contributed by atoms with Crippen molar-refractivity contribution in [2.45, 2.75) is 0 Å². The minimum absolute atomic E-state index is 0.298. The Labute approximate surface area is 193 Å². The highest BCUT2D eigenvalue weighted by Crippen LogP contribution is 2.32. The maximum atomic E-state index is 13.8. The molecule has 5 heterocycles. The number of halogens is 1. The van der Waals surface area contributed by atoms with Crippen LogP contribution in [0.1, 0.15) is 0 Å². The van der Waals surface area contributed by atoms with Gasteiger partial charge in [0, 0.05) is 43.0 Å². The monoisotopic (exact) mass is 450 g/mol. The number of aromatic nitrogens is 7. The number of aromatic amines is 2. The quantitative estimate of drug-likeness (QED) is 0.399. The van der Waals surface area contributed by atoms with Crippen molar-refractivity contribution in [2.75, 3.05) is 19.0 Å². The van der Waals surface area contributed by atoms with Gasteiger partial charge in [0.05, 0.1) is 34.8 Å². The summed E-state index contributed by atoms with van der Waals surface area (Å²) in [7, 11) is 3.94. The molecule has 8 nitrogen and oxygen atoms in total. The summed E-state index contributed by atoms with van der Waals surface area (Å²) in [5, 5.41) is 8.38. The van der Waals surface area contributed by atoms with Gasteiger partial charge in [-0.15, -0.1) is 0 Å². The number of fused-ring (bicyclic) bond motifs is 2. The molecule has 2 N–H and O–H groups in total. The molecule has 0 spiro atoms. The second-order valence-electron chi connectivity index (χ2n) is 8.17. The molecular weight excluding hydrogens is 431 g/mol. The summed E-state index contributed by atoms with van der Waals surface area (Å²) in [6, 6.07) is 12.3. The molecule has 0 radical (unpaired) electrons. The fourth-order valence-electron chi connectivity index (χ4n) is 3.99. The first kappa shape index (κ1) is 20.0. The molecule has 0 amide bonds. The third kappa shape index (κ3) is 3.34. The molecule has 0 bridgehead atoms. The molecule has 0 unspecified atom stereocenters. The zero-order valence-electron chi connectivity index (χ0n) is 18.4. The average Bonchev–Trinajstić information content (AvgIpc) is 3.47. The summed E-state index contributed by atoms with van der Waals surface area (Å²) < 4.78 is 13.8. The number of benzene rings is 1. The highest BCUT2D eigenvalue weighted by molar-refractivity contribution is 5.96. The fourth-order valence-corrected chi connectivity index (χ4v) is 3.99. The van der Waals surface area contributed by atoms with E-state index in [1.54, 1.807) is 24.7 Å². The van der Waals surface area contributed by atoms with Crippen molar-refractivity contribution in [1.82, 2.24) is 35.1 Å².